The zero-order chi connectivity index (χ0) is 18.8. The highest BCUT2D eigenvalue weighted by atomic mass is 35.5. The Labute approximate surface area is 155 Å². The Morgan fingerprint density at radius 2 is 1.84 bits per heavy atom. The second-order valence-corrected chi connectivity index (χ2v) is 8.38. The Morgan fingerprint density at radius 1 is 1.16 bits per heavy atom. The van der Waals surface area contributed by atoms with Crippen LogP contribution in [0.3, 0.4) is 0 Å². The molecular formula is C14H15Cl2N5O3S. The van der Waals surface area contributed by atoms with Crippen molar-refractivity contribution in [3.63, 3.8) is 0 Å². The molecule has 0 aliphatic heterocycles. The van der Waals surface area contributed by atoms with E-state index in [1.807, 2.05) is 0 Å². The van der Waals surface area contributed by atoms with E-state index in [1.165, 1.54) is 24.4 Å². The van der Waals surface area contributed by atoms with Gasteiger partial charge in [0.25, 0.3) is 15.9 Å². The summed E-state index contributed by atoms with van der Waals surface area (Å²) in [6.07, 6.45) is 1.17. The van der Waals surface area contributed by atoms with Crippen LogP contribution in [0.1, 0.15) is 31.3 Å². The van der Waals surface area contributed by atoms with Crippen LogP contribution in [-0.2, 0) is 10.0 Å². The van der Waals surface area contributed by atoms with Crippen LogP contribution in [-0.4, -0.2) is 34.8 Å². The molecule has 0 spiro atoms. The van der Waals surface area contributed by atoms with Gasteiger partial charge >= 0.3 is 0 Å². The molecule has 0 unspecified atom stereocenters. The first-order valence-electron chi connectivity index (χ1n) is 6.98. The molecule has 0 bridgehead atoms. The van der Waals surface area contributed by atoms with Crippen LogP contribution in [0.2, 0.25) is 10.3 Å². The standard InChI is InChI=1S/C14H15Cl2N5O3S/c1-14(2,3)21-25(23,24)10-6-4-5-9(19-10)20-13(22)11-12(16)18-8(15)7-17-11/h4-7,21H,1-3H3,(H,19,20,22). The first-order chi connectivity index (χ1) is 11.5. The number of halogens is 2. The lowest BCUT2D eigenvalue weighted by molar-refractivity contribution is 0.102. The summed E-state index contributed by atoms with van der Waals surface area (Å²) in [5.74, 6) is -0.672. The van der Waals surface area contributed by atoms with Crippen molar-refractivity contribution in [3.8, 4) is 0 Å². The number of nitrogens with one attached hydrogen (secondary N) is 2. The molecule has 25 heavy (non-hydrogen) atoms. The molecule has 0 aliphatic rings. The van der Waals surface area contributed by atoms with Crippen LogP contribution >= 0.6 is 23.2 Å². The molecule has 1 amide bonds. The third-order valence-corrected chi connectivity index (χ3v) is 4.70. The molecule has 0 radical (unpaired) electrons. The zero-order valence-electron chi connectivity index (χ0n) is 13.5. The number of carbonyl (C=O) groups excluding carboxylic acids is 1. The molecule has 134 valence electrons. The van der Waals surface area contributed by atoms with E-state index >= 15 is 0 Å². The maximum Gasteiger partial charge on any atom is 0.278 e. The molecule has 2 aromatic rings. The number of anilines is 1. The lowest BCUT2D eigenvalue weighted by Crippen LogP contribution is -2.40. The highest BCUT2D eigenvalue weighted by molar-refractivity contribution is 7.89. The van der Waals surface area contributed by atoms with Crippen molar-refractivity contribution in [3.05, 3.63) is 40.4 Å². The number of nitrogens with zero attached hydrogens (tertiary/aromatic N) is 3. The number of sulfonamides is 1. The molecular weight excluding hydrogens is 389 g/mol. The molecule has 11 heteroatoms. The van der Waals surface area contributed by atoms with Gasteiger partial charge in [-0.05, 0) is 32.9 Å². The monoisotopic (exact) mass is 403 g/mol. The van der Waals surface area contributed by atoms with Crippen LogP contribution in [0.25, 0.3) is 0 Å². The summed E-state index contributed by atoms with van der Waals surface area (Å²) in [6, 6.07) is 4.21. The molecule has 2 N–H and O–H groups in total. The average Bonchev–Trinajstić information content (AvgIpc) is 2.44. The summed E-state index contributed by atoms with van der Waals surface area (Å²) in [4.78, 5) is 23.6. The zero-order valence-corrected chi connectivity index (χ0v) is 15.9. The van der Waals surface area contributed by atoms with E-state index in [9.17, 15) is 13.2 Å². The summed E-state index contributed by atoms with van der Waals surface area (Å²) >= 11 is 11.5. The number of rotatable bonds is 4. The highest BCUT2D eigenvalue weighted by Gasteiger charge is 2.24. The van der Waals surface area contributed by atoms with Crippen molar-refractivity contribution in [2.24, 2.45) is 0 Å². The van der Waals surface area contributed by atoms with Gasteiger partial charge in [0, 0.05) is 5.54 Å². The summed E-state index contributed by atoms with van der Waals surface area (Å²) in [6.45, 7) is 5.12. The van der Waals surface area contributed by atoms with Gasteiger partial charge in [-0.2, -0.15) is 0 Å². The van der Waals surface area contributed by atoms with Gasteiger partial charge < -0.3 is 5.32 Å². The van der Waals surface area contributed by atoms with Crippen molar-refractivity contribution in [1.29, 1.82) is 0 Å². The Bertz CT molecular complexity index is 913. The minimum absolute atomic E-state index is 0.0228. The van der Waals surface area contributed by atoms with Gasteiger partial charge in [0.05, 0.1) is 6.20 Å². The van der Waals surface area contributed by atoms with Gasteiger partial charge in [0.1, 0.15) is 11.0 Å². The van der Waals surface area contributed by atoms with E-state index in [2.05, 4.69) is 25.0 Å². The Hall–Kier alpha value is -1.81. The van der Waals surface area contributed by atoms with E-state index in [-0.39, 0.29) is 26.8 Å². The molecule has 0 aliphatic carbocycles. The number of amides is 1. The van der Waals surface area contributed by atoms with E-state index in [1.54, 1.807) is 20.8 Å². The molecule has 0 saturated carbocycles. The normalized spacial score (nSPS) is 12.0. The molecule has 0 aromatic carbocycles. The number of hydrogen-bond acceptors (Lipinski definition) is 6. The number of aromatic nitrogens is 3. The largest absolute Gasteiger partial charge is 0.305 e. The van der Waals surface area contributed by atoms with E-state index in [4.69, 9.17) is 23.2 Å². The molecule has 0 saturated heterocycles. The van der Waals surface area contributed by atoms with Crippen LogP contribution < -0.4 is 10.0 Å². The van der Waals surface area contributed by atoms with Gasteiger partial charge in [-0.3, -0.25) is 4.79 Å². The summed E-state index contributed by atoms with van der Waals surface area (Å²) in [7, 11) is -3.84. The Kier molecular flexibility index (Phi) is 5.62. The van der Waals surface area contributed by atoms with Crippen LogP contribution in [0.4, 0.5) is 5.82 Å². The number of carbonyl (C=O) groups is 1. The molecule has 0 atom stereocenters. The third-order valence-electron chi connectivity index (χ3n) is 2.60. The number of hydrogen-bond donors (Lipinski definition) is 2. The van der Waals surface area contributed by atoms with E-state index < -0.39 is 21.5 Å². The van der Waals surface area contributed by atoms with Gasteiger partial charge in [-0.25, -0.2) is 28.1 Å². The van der Waals surface area contributed by atoms with Gasteiger partial charge in [0.2, 0.25) is 0 Å². The highest BCUT2D eigenvalue weighted by Crippen LogP contribution is 2.17. The van der Waals surface area contributed by atoms with Crippen LogP contribution in [0.5, 0.6) is 0 Å². The predicted octanol–water partition coefficient (Wildman–Crippen LogP) is 2.51. The molecule has 8 nitrogen and oxygen atoms in total. The fraction of sp³-hybridized carbons (Fsp3) is 0.286. The Balaban J connectivity index is 2.26. The summed E-state index contributed by atoms with van der Waals surface area (Å²) in [5, 5.41) is 2.06. The quantitative estimate of drug-likeness (QED) is 0.810. The minimum atomic E-state index is -3.84. The van der Waals surface area contributed by atoms with Crippen molar-refractivity contribution in [1.82, 2.24) is 19.7 Å². The van der Waals surface area contributed by atoms with Crippen LogP contribution in [0.15, 0.2) is 29.4 Å². The first-order valence-corrected chi connectivity index (χ1v) is 9.22. The van der Waals surface area contributed by atoms with Crippen LogP contribution in [0, 0.1) is 0 Å². The number of pyridine rings is 1. The molecule has 2 heterocycles. The Morgan fingerprint density at radius 3 is 2.44 bits per heavy atom. The molecule has 2 aromatic heterocycles. The second-order valence-electron chi connectivity index (χ2n) is 6.00. The first kappa shape index (κ1) is 19.5. The van der Waals surface area contributed by atoms with Gasteiger partial charge in [-0.15, -0.1) is 0 Å². The van der Waals surface area contributed by atoms with Crippen molar-refractivity contribution in [2.75, 3.05) is 5.32 Å². The maximum absolute atomic E-state index is 12.3. The van der Waals surface area contributed by atoms with Gasteiger partial charge in [0.15, 0.2) is 15.9 Å². The lowest BCUT2D eigenvalue weighted by Gasteiger charge is -2.20. The summed E-state index contributed by atoms with van der Waals surface area (Å²) in [5.41, 5.74) is -0.833. The lowest BCUT2D eigenvalue weighted by atomic mass is 10.1. The van der Waals surface area contributed by atoms with E-state index in [0.29, 0.717) is 0 Å². The van der Waals surface area contributed by atoms with E-state index in [0.717, 1.165) is 0 Å². The third kappa shape index (κ3) is 5.33. The average molecular weight is 404 g/mol. The maximum atomic E-state index is 12.3. The summed E-state index contributed by atoms with van der Waals surface area (Å²) < 4.78 is 27.1. The SMILES string of the molecule is CC(C)(C)NS(=O)(=O)c1cccc(NC(=O)c2ncc(Cl)nc2Cl)n1. The topological polar surface area (TPSA) is 114 Å². The van der Waals surface area contributed by atoms with Gasteiger partial charge in [-0.1, -0.05) is 29.3 Å². The molecule has 2 rings (SSSR count). The fourth-order valence-electron chi connectivity index (χ4n) is 1.76. The smallest absolute Gasteiger partial charge is 0.278 e. The second kappa shape index (κ2) is 7.20. The van der Waals surface area contributed by atoms with Crippen molar-refractivity contribution >= 4 is 45.0 Å². The minimum Gasteiger partial charge on any atom is -0.305 e. The predicted molar refractivity (Wildman–Crippen MR) is 94.3 cm³/mol. The fourth-order valence-corrected chi connectivity index (χ4v) is 3.55. The van der Waals surface area contributed by atoms with Crippen molar-refractivity contribution in [2.45, 2.75) is 31.3 Å². The van der Waals surface area contributed by atoms with Crippen molar-refractivity contribution < 1.29 is 13.2 Å². The molecule has 0 fully saturated rings.